The van der Waals surface area contributed by atoms with E-state index in [4.69, 9.17) is 11.6 Å². The van der Waals surface area contributed by atoms with Gasteiger partial charge in [-0.05, 0) is 37.3 Å². The SMILES string of the molecule is C=CCn1c(CNc2ccc(Cl)cc2)nnc1S[C@H](C)C(=O)N/N=C\c1cccnc1. The van der Waals surface area contributed by atoms with E-state index in [0.717, 1.165) is 17.1 Å². The average Bonchev–Trinajstić information content (AvgIpc) is 3.15. The molecular weight excluding hydrogens is 434 g/mol. The first-order chi connectivity index (χ1) is 15.1. The van der Waals surface area contributed by atoms with Gasteiger partial charge in [0.15, 0.2) is 11.0 Å². The van der Waals surface area contributed by atoms with E-state index in [0.29, 0.717) is 23.3 Å². The Labute approximate surface area is 189 Å². The fourth-order valence-electron chi connectivity index (χ4n) is 2.52. The third-order valence-electron chi connectivity index (χ3n) is 4.12. The molecule has 0 aliphatic heterocycles. The fourth-order valence-corrected chi connectivity index (χ4v) is 3.52. The maximum absolute atomic E-state index is 12.4. The fraction of sp³-hybridized carbons (Fsp3) is 0.190. The molecule has 160 valence electrons. The minimum atomic E-state index is -0.420. The highest BCUT2D eigenvalue weighted by molar-refractivity contribution is 8.00. The van der Waals surface area contributed by atoms with Crippen LogP contribution in [0.25, 0.3) is 0 Å². The number of hydrazone groups is 1. The lowest BCUT2D eigenvalue weighted by Gasteiger charge is -2.12. The number of hydrogen-bond donors (Lipinski definition) is 2. The number of anilines is 1. The second kappa shape index (κ2) is 11.3. The summed E-state index contributed by atoms with van der Waals surface area (Å²) >= 11 is 7.23. The number of aromatic nitrogens is 4. The summed E-state index contributed by atoms with van der Waals surface area (Å²) < 4.78 is 1.92. The number of nitrogens with one attached hydrogen (secondary N) is 2. The van der Waals surface area contributed by atoms with E-state index in [2.05, 4.69) is 37.6 Å². The maximum Gasteiger partial charge on any atom is 0.253 e. The van der Waals surface area contributed by atoms with Gasteiger partial charge in [0.05, 0.1) is 18.0 Å². The van der Waals surface area contributed by atoms with Gasteiger partial charge in [0, 0.05) is 35.2 Å². The van der Waals surface area contributed by atoms with Gasteiger partial charge in [-0.25, -0.2) is 5.43 Å². The monoisotopic (exact) mass is 455 g/mol. The molecule has 1 atom stereocenters. The highest BCUT2D eigenvalue weighted by Gasteiger charge is 2.19. The number of amides is 1. The molecule has 31 heavy (non-hydrogen) atoms. The second-order valence-corrected chi connectivity index (χ2v) is 8.18. The molecule has 8 nitrogen and oxygen atoms in total. The molecule has 1 amide bonds. The van der Waals surface area contributed by atoms with Gasteiger partial charge >= 0.3 is 0 Å². The Morgan fingerprint density at radius 2 is 2.13 bits per heavy atom. The predicted molar refractivity (Wildman–Crippen MR) is 124 cm³/mol. The Morgan fingerprint density at radius 1 is 1.32 bits per heavy atom. The zero-order valence-electron chi connectivity index (χ0n) is 16.9. The van der Waals surface area contributed by atoms with Crippen LogP contribution in [0.5, 0.6) is 0 Å². The van der Waals surface area contributed by atoms with Gasteiger partial charge in [0.2, 0.25) is 0 Å². The van der Waals surface area contributed by atoms with Crippen LogP contribution in [-0.2, 0) is 17.9 Å². The van der Waals surface area contributed by atoms with E-state index in [-0.39, 0.29) is 5.91 Å². The molecule has 0 aliphatic carbocycles. The van der Waals surface area contributed by atoms with Crippen molar-refractivity contribution in [3.05, 3.63) is 77.9 Å². The Morgan fingerprint density at radius 3 is 2.84 bits per heavy atom. The van der Waals surface area contributed by atoms with E-state index in [1.165, 1.54) is 11.8 Å². The number of halogens is 1. The van der Waals surface area contributed by atoms with Crippen molar-refractivity contribution in [3.63, 3.8) is 0 Å². The molecule has 0 radical (unpaired) electrons. The normalized spacial score (nSPS) is 11.9. The van der Waals surface area contributed by atoms with Crippen LogP contribution in [0, 0.1) is 0 Å². The van der Waals surface area contributed by atoms with Gasteiger partial charge in [-0.15, -0.1) is 16.8 Å². The number of carbonyl (C=O) groups excluding carboxylic acids is 1. The molecule has 3 aromatic rings. The topological polar surface area (TPSA) is 97.1 Å². The summed E-state index contributed by atoms with van der Waals surface area (Å²) in [6, 6.07) is 11.1. The molecular formula is C21H22ClN7OS. The summed E-state index contributed by atoms with van der Waals surface area (Å²) in [6.45, 7) is 6.59. The smallest absolute Gasteiger partial charge is 0.253 e. The maximum atomic E-state index is 12.4. The molecule has 0 fully saturated rings. The zero-order valence-corrected chi connectivity index (χ0v) is 18.5. The first-order valence-corrected chi connectivity index (χ1v) is 10.7. The van der Waals surface area contributed by atoms with E-state index >= 15 is 0 Å². The Balaban J connectivity index is 1.60. The van der Waals surface area contributed by atoms with Gasteiger partial charge in [0.25, 0.3) is 5.91 Å². The molecule has 0 saturated heterocycles. The lowest BCUT2D eigenvalue weighted by Crippen LogP contribution is -2.27. The van der Waals surface area contributed by atoms with Crippen molar-refractivity contribution in [2.75, 3.05) is 5.32 Å². The van der Waals surface area contributed by atoms with Crippen molar-refractivity contribution in [1.29, 1.82) is 0 Å². The lowest BCUT2D eigenvalue weighted by molar-refractivity contribution is -0.120. The summed E-state index contributed by atoms with van der Waals surface area (Å²) in [5.41, 5.74) is 4.26. The molecule has 0 unspecified atom stereocenters. The van der Waals surface area contributed by atoms with Crippen molar-refractivity contribution in [2.24, 2.45) is 5.10 Å². The van der Waals surface area contributed by atoms with Crippen LogP contribution in [0.15, 0.2) is 71.7 Å². The van der Waals surface area contributed by atoms with Crippen LogP contribution in [0.2, 0.25) is 5.02 Å². The molecule has 10 heteroatoms. The molecule has 0 saturated carbocycles. The number of nitrogens with zero attached hydrogens (tertiary/aromatic N) is 5. The van der Waals surface area contributed by atoms with Gasteiger partial charge in [-0.2, -0.15) is 5.10 Å². The number of pyridine rings is 1. The van der Waals surface area contributed by atoms with E-state index < -0.39 is 5.25 Å². The number of thioether (sulfide) groups is 1. The van der Waals surface area contributed by atoms with E-state index in [1.54, 1.807) is 37.7 Å². The number of benzene rings is 1. The van der Waals surface area contributed by atoms with Gasteiger partial charge < -0.3 is 9.88 Å². The Bertz CT molecular complexity index is 1040. The minimum Gasteiger partial charge on any atom is -0.378 e. The molecule has 0 bridgehead atoms. The third-order valence-corrected chi connectivity index (χ3v) is 5.46. The van der Waals surface area contributed by atoms with Gasteiger partial charge in [-0.3, -0.25) is 9.78 Å². The predicted octanol–water partition coefficient (Wildman–Crippen LogP) is 3.76. The van der Waals surface area contributed by atoms with E-state index in [1.807, 2.05) is 34.9 Å². The number of allylic oxidation sites excluding steroid dienone is 1. The molecule has 3 rings (SSSR count). The van der Waals surface area contributed by atoms with Gasteiger partial charge in [0.1, 0.15) is 0 Å². The summed E-state index contributed by atoms with van der Waals surface area (Å²) in [4.78, 5) is 16.4. The first kappa shape index (κ1) is 22.5. The first-order valence-electron chi connectivity index (χ1n) is 9.49. The summed E-state index contributed by atoms with van der Waals surface area (Å²) in [5.74, 6) is 0.499. The van der Waals surface area contributed by atoms with Crippen LogP contribution in [-0.4, -0.2) is 37.1 Å². The largest absolute Gasteiger partial charge is 0.378 e. The quantitative estimate of drug-likeness (QED) is 0.209. The molecule has 2 N–H and O–H groups in total. The third kappa shape index (κ3) is 6.66. The van der Waals surface area contributed by atoms with Crippen LogP contribution < -0.4 is 10.7 Å². The van der Waals surface area contributed by atoms with Crippen LogP contribution >= 0.6 is 23.4 Å². The van der Waals surface area contributed by atoms with Crippen LogP contribution in [0.3, 0.4) is 0 Å². The average molecular weight is 456 g/mol. The zero-order chi connectivity index (χ0) is 22.1. The Kier molecular flexibility index (Phi) is 8.19. The highest BCUT2D eigenvalue weighted by atomic mass is 35.5. The van der Waals surface area contributed by atoms with Crippen molar-refractivity contribution in [2.45, 2.75) is 30.4 Å². The number of rotatable bonds is 10. The number of hydrogen-bond acceptors (Lipinski definition) is 7. The summed E-state index contributed by atoms with van der Waals surface area (Å²) in [7, 11) is 0. The minimum absolute atomic E-state index is 0.237. The van der Waals surface area contributed by atoms with Crippen molar-refractivity contribution >= 4 is 41.2 Å². The van der Waals surface area contributed by atoms with Crippen molar-refractivity contribution in [3.8, 4) is 0 Å². The molecule has 0 spiro atoms. The molecule has 1 aromatic carbocycles. The summed E-state index contributed by atoms with van der Waals surface area (Å²) in [6.07, 6.45) is 6.64. The second-order valence-electron chi connectivity index (χ2n) is 6.44. The Hall–Kier alpha value is -3.17. The molecule has 2 heterocycles. The molecule has 2 aromatic heterocycles. The standard InChI is InChI=1S/C21H22ClN7OS/c1-3-11-29-19(14-24-18-8-6-17(22)7-9-18)26-28-21(29)31-15(2)20(30)27-25-13-16-5-4-10-23-12-16/h3-10,12-13,15,24H,1,11,14H2,2H3,(H,27,30)/b25-13-/t15-/m1/s1. The summed E-state index contributed by atoms with van der Waals surface area (Å²) in [5, 5.41) is 16.7. The van der Waals surface area contributed by atoms with Crippen LogP contribution in [0.4, 0.5) is 5.69 Å². The molecule has 0 aliphatic rings. The number of carbonyl (C=O) groups is 1. The van der Waals surface area contributed by atoms with Crippen LogP contribution in [0.1, 0.15) is 18.3 Å². The highest BCUT2D eigenvalue weighted by Crippen LogP contribution is 2.23. The van der Waals surface area contributed by atoms with Gasteiger partial charge in [-0.1, -0.05) is 35.5 Å². The van der Waals surface area contributed by atoms with E-state index in [9.17, 15) is 4.79 Å². The van der Waals surface area contributed by atoms with Crippen molar-refractivity contribution in [1.82, 2.24) is 25.2 Å². The lowest BCUT2D eigenvalue weighted by atomic mass is 10.3. The van der Waals surface area contributed by atoms with Crippen molar-refractivity contribution < 1.29 is 4.79 Å².